The van der Waals surface area contributed by atoms with Crippen LogP contribution in [0.3, 0.4) is 0 Å². The summed E-state index contributed by atoms with van der Waals surface area (Å²) in [5.41, 5.74) is 0.557. The van der Waals surface area contributed by atoms with Gasteiger partial charge < -0.3 is 10.1 Å². The second-order valence-corrected chi connectivity index (χ2v) is 5.45. The first-order chi connectivity index (χ1) is 7.70. The van der Waals surface area contributed by atoms with Gasteiger partial charge in [-0.1, -0.05) is 26.7 Å². The summed E-state index contributed by atoms with van der Waals surface area (Å²) in [5, 5.41) is 3.59. The minimum Gasteiger partial charge on any atom is -0.385 e. The molecule has 0 heterocycles. The fourth-order valence-electron chi connectivity index (χ4n) is 3.63. The molecule has 1 aliphatic rings. The van der Waals surface area contributed by atoms with Crippen molar-refractivity contribution < 1.29 is 4.74 Å². The second-order valence-electron chi connectivity index (χ2n) is 5.45. The Balaban J connectivity index is 2.63. The smallest absolute Gasteiger partial charge is 0.0465 e. The molecule has 1 saturated carbocycles. The molecule has 1 N–H and O–H groups in total. The lowest BCUT2D eigenvalue weighted by molar-refractivity contribution is 0.113. The molecular formula is C14H29NO. The first-order valence-electron chi connectivity index (χ1n) is 6.86. The zero-order valence-electron chi connectivity index (χ0n) is 11.5. The van der Waals surface area contributed by atoms with Crippen LogP contribution in [0, 0.1) is 11.3 Å². The molecule has 0 saturated heterocycles. The van der Waals surface area contributed by atoms with Crippen LogP contribution in [0.15, 0.2) is 0 Å². The molecule has 0 amide bonds. The Morgan fingerprint density at radius 2 is 1.94 bits per heavy atom. The molecule has 2 nitrogen and oxygen atoms in total. The maximum absolute atomic E-state index is 5.21. The lowest BCUT2D eigenvalue weighted by Gasteiger charge is -2.40. The number of nitrogens with one attached hydrogen (secondary N) is 1. The molecular weight excluding hydrogens is 198 g/mol. The highest BCUT2D eigenvalue weighted by Gasteiger charge is 2.41. The molecule has 2 heteroatoms. The first kappa shape index (κ1) is 14.0. The fourth-order valence-corrected chi connectivity index (χ4v) is 3.63. The van der Waals surface area contributed by atoms with Crippen molar-refractivity contribution in [3.05, 3.63) is 0 Å². The van der Waals surface area contributed by atoms with E-state index in [0.717, 1.165) is 6.61 Å². The predicted molar refractivity (Wildman–Crippen MR) is 69.7 cm³/mol. The molecule has 0 spiro atoms. The Morgan fingerprint density at radius 1 is 1.31 bits per heavy atom. The molecule has 0 radical (unpaired) electrons. The van der Waals surface area contributed by atoms with Crippen LogP contribution >= 0.6 is 0 Å². The molecule has 1 rings (SSSR count). The Kier molecular flexibility index (Phi) is 5.77. The highest BCUT2D eigenvalue weighted by atomic mass is 16.5. The van der Waals surface area contributed by atoms with Crippen molar-refractivity contribution >= 4 is 0 Å². The standard InChI is InChI=1S/C14H29NO/c1-5-14(9-6-7-10-14)13(15-3)12(2)8-11-16-4/h12-13,15H,5-11H2,1-4H3. The molecule has 16 heavy (non-hydrogen) atoms. The number of hydrogen-bond acceptors (Lipinski definition) is 2. The Hall–Kier alpha value is -0.0800. The Bertz CT molecular complexity index is 187. The second kappa shape index (κ2) is 6.61. The van der Waals surface area contributed by atoms with E-state index >= 15 is 0 Å². The van der Waals surface area contributed by atoms with Crippen molar-refractivity contribution in [1.82, 2.24) is 5.32 Å². The molecule has 2 atom stereocenters. The molecule has 0 aromatic rings. The third kappa shape index (κ3) is 2.98. The van der Waals surface area contributed by atoms with E-state index in [0.29, 0.717) is 17.4 Å². The fraction of sp³-hybridized carbons (Fsp3) is 1.00. The van der Waals surface area contributed by atoms with Crippen LogP contribution in [-0.4, -0.2) is 26.8 Å². The Labute approximate surface area is 101 Å². The van der Waals surface area contributed by atoms with E-state index in [4.69, 9.17) is 4.74 Å². The van der Waals surface area contributed by atoms with Crippen LogP contribution in [0.2, 0.25) is 0 Å². The van der Waals surface area contributed by atoms with E-state index in [1.165, 1.54) is 38.5 Å². The summed E-state index contributed by atoms with van der Waals surface area (Å²) < 4.78 is 5.21. The van der Waals surface area contributed by atoms with Gasteiger partial charge in [0.25, 0.3) is 0 Å². The molecule has 96 valence electrons. The summed E-state index contributed by atoms with van der Waals surface area (Å²) in [6.45, 7) is 5.62. The highest BCUT2D eigenvalue weighted by molar-refractivity contribution is 4.95. The van der Waals surface area contributed by atoms with Gasteiger partial charge >= 0.3 is 0 Å². The van der Waals surface area contributed by atoms with Crippen LogP contribution < -0.4 is 5.32 Å². The maximum atomic E-state index is 5.21. The van der Waals surface area contributed by atoms with Crippen LogP contribution in [0.25, 0.3) is 0 Å². The van der Waals surface area contributed by atoms with Crippen molar-refractivity contribution in [3.8, 4) is 0 Å². The van der Waals surface area contributed by atoms with Crippen molar-refractivity contribution in [2.45, 2.75) is 58.4 Å². The van der Waals surface area contributed by atoms with Gasteiger partial charge in [-0.05, 0) is 44.1 Å². The van der Waals surface area contributed by atoms with Gasteiger partial charge in [0, 0.05) is 19.8 Å². The number of ether oxygens (including phenoxy) is 1. The van der Waals surface area contributed by atoms with E-state index in [1.807, 2.05) is 0 Å². The molecule has 0 bridgehead atoms. The van der Waals surface area contributed by atoms with Gasteiger partial charge in [-0.3, -0.25) is 0 Å². The van der Waals surface area contributed by atoms with Gasteiger partial charge in [0.05, 0.1) is 0 Å². The zero-order chi connectivity index (χ0) is 12.0. The average Bonchev–Trinajstić information content (AvgIpc) is 2.77. The van der Waals surface area contributed by atoms with Crippen LogP contribution in [0.4, 0.5) is 0 Å². The zero-order valence-corrected chi connectivity index (χ0v) is 11.5. The first-order valence-corrected chi connectivity index (χ1v) is 6.86. The average molecular weight is 227 g/mol. The topological polar surface area (TPSA) is 21.3 Å². The third-order valence-corrected chi connectivity index (χ3v) is 4.62. The van der Waals surface area contributed by atoms with Gasteiger partial charge in [0.15, 0.2) is 0 Å². The molecule has 0 aliphatic heterocycles. The lowest BCUT2D eigenvalue weighted by atomic mass is 9.71. The molecule has 1 fully saturated rings. The van der Waals surface area contributed by atoms with E-state index in [1.54, 1.807) is 7.11 Å². The minimum atomic E-state index is 0.557. The van der Waals surface area contributed by atoms with E-state index < -0.39 is 0 Å². The van der Waals surface area contributed by atoms with Crippen LogP contribution in [0.1, 0.15) is 52.4 Å². The van der Waals surface area contributed by atoms with Crippen molar-refractivity contribution in [2.75, 3.05) is 20.8 Å². The monoisotopic (exact) mass is 227 g/mol. The number of hydrogen-bond donors (Lipinski definition) is 1. The molecule has 2 unspecified atom stereocenters. The molecule has 0 aromatic carbocycles. The van der Waals surface area contributed by atoms with Crippen molar-refractivity contribution in [1.29, 1.82) is 0 Å². The Morgan fingerprint density at radius 3 is 2.38 bits per heavy atom. The normalized spacial score (nSPS) is 23.2. The summed E-state index contributed by atoms with van der Waals surface area (Å²) in [5.74, 6) is 0.711. The minimum absolute atomic E-state index is 0.557. The van der Waals surface area contributed by atoms with Gasteiger partial charge in [-0.25, -0.2) is 0 Å². The summed E-state index contributed by atoms with van der Waals surface area (Å²) in [7, 11) is 3.93. The number of methoxy groups -OCH3 is 1. The van der Waals surface area contributed by atoms with E-state index in [2.05, 4.69) is 26.2 Å². The molecule has 0 aromatic heterocycles. The summed E-state index contributed by atoms with van der Waals surface area (Å²) in [6, 6.07) is 0.662. The van der Waals surface area contributed by atoms with Gasteiger partial charge in [-0.2, -0.15) is 0 Å². The van der Waals surface area contributed by atoms with Gasteiger partial charge in [-0.15, -0.1) is 0 Å². The SMILES string of the molecule is CCC1(C(NC)C(C)CCOC)CCCC1. The van der Waals surface area contributed by atoms with Gasteiger partial charge in [0.2, 0.25) is 0 Å². The largest absolute Gasteiger partial charge is 0.385 e. The van der Waals surface area contributed by atoms with Crippen LogP contribution in [0.5, 0.6) is 0 Å². The van der Waals surface area contributed by atoms with Crippen molar-refractivity contribution in [3.63, 3.8) is 0 Å². The summed E-state index contributed by atoms with van der Waals surface area (Å²) in [4.78, 5) is 0. The van der Waals surface area contributed by atoms with Crippen molar-refractivity contribution in [2.24, 2.45) is 11.3 Å². The predicted octanol–water partition coefficient (Wildman–Crippen LogP) is 3.22. The van der Waals surface area contributed by atoms with E-state index in [-0.39, 0.29) is 0 Å². The number of rotatable bonds is 7. The maximum Gasteiger partial charge on any atom is 0.0465 e. The lowest BCUT2D eigenvalue weighted by Crippen LogP contribution is -2.46. The highest BCUT2D eigenvalue weighted by Crippen LogP contribution is 2.46. The quantitative estimate of drug-likeness (QED) is 0.721. The van der Waals surface area contributed by atoms with Crippen LogP contribution in [-0.2, 0) is 4.74 Å². The summed E-state index contributed by atoms with van der Waals surface area (Å²) in [6.07, 6.45) is 8.14. The van der Waals surface area contributed by atoms with E-state index in [9.17, 15) is 0 Å². The molecule has 1 aliphatic carbocycles. The summed E-state index contributed by atoms with van der Waals surface area (Å²) >= 11 is 0. The third-order valence-electron chi connectivity index (χ3n) is 4.62. The van der Waals surface area contributed by atoms with Gasteiger partial charge in [0.1, 0.15) is 0 Å².